The van der Waals surface area contributed by atoms with Gasteiger partial charge in [-0.25, -0.2) is 0 Å². The molecule has 0 spiro atoms. The van der Waals surface area contributed by atoms with Crippen molar-refractivity contribution in [3.05, 3.63) is 63.9 Å². The number of rotatable bonds is 7. The average Bonchev–Trinajstić information content (AvgIpc) is 3.26. The predicted molar refractivity (Wildman–Crippen MR) is 133 cm³/mol. The van der Waals surface area contributed by atoms with Crippen LogP contribution in [0, 0.1) is 6.92 Å². The van der Waals surface area contributed by atoms with Gasteiger partial charge in [0.2, 0.25) is 11.7 Å². The molecule has 0 aliphatic heterocycles. The van der Waals surface area contributed by atoms with Crippen molar-refractivity contribution < 1.29 is 9.59 Å². The SMILES string of the molecule is CCC(C)NC(=O)c1ccc2c(=O)n(C)c3nnc(SCC(=O)Nc4ccc(C)cc4)n3c2c1. The van der Waals surface area contributed by atoms with Crippen LogP contribution in [0.5, 0.6) is 0 Å². The van der Waals surface area contributed by atoms with Gasteiger partial charge in [-0.2, -0.15) is 0 Å². The first-order valence-electron chi connectivity index (χ1n) is 11.0. The molecule has 10 heteroatoms. The van der Waals surface area contributed by atoms with E-state index in [0.717, 1.165) is 12.0 Å². The summed E-state index contributed by atoms with van der Waals surface area (Å²) in [5.41, 5.74) is 2.53. The molecule has 2 aromatic heterocycles. The van der Waals surface area contributed by atoms with Gasteiger partial charge in [0.05, 0.1) is 16.7 Å². The Morgan fingerprint density at radius 1 is 1.12 bits per heavy atom. The number of benzene rings is 2. The van der Waals surface area contributed by atoms with Crippen LogP contribution in [0.25, 0.3) is 16.7 Å². The van der Waals surface area contributed by atoms with Gasteiger partial charge in [-0.05, 0) is 50.6 Å². The zero-order valence-corrected chi connectivity index (χ0v) is 20.3. The summed E-state index contributed by atoms with van der Waals surface area (Å²) >= 11 is 1.21. The molecule has 34 heavy (non-hydrogen) atoms. The van der Waals surface area contributed by atoms with Crippen LogP contribution in [0.2, 0.25) is 0 Å². The van der Waals surface area contributed by atoms with Crippen LogP contribution in [0.4, 0.5) is 5.69 Å². The average molecular weight is 479 g/mol. The summed E-state index contributed by atoms with van der Waals surface area (Å²) in [4.78, 5) is 38.0. The summed E-state index contributed by atoms with van der Waals surface area (Å²) in [6.45, 7) is 5.91. The Hall–Kier alpha value is -3.66. The molecule has 0 fully saturated rings. The van der Waals surface area contributed by atoms with Crippen LogP contribution >= 0.6 is 11.8 Å². The summed E-state index contributed by atoms with van der Waals surface area (Å²) in [7, 11) is 1.62. The quantitative estimate of drug-likeness (QED) is 0.395. The van der Waals surface area contributed by atoms with Crippen molar-refractivity contribution in [1.82, 2.24) is 24.5 Å². The molecule has 1 atom stereocenters. The minimum absolute atomic E-state index is 0.0277. The Balaban J connectivity index is 1.67. The van der Waals surface area contributed by atoms with Gasteiger partial charge in [-0.1, -0.05) is 36.4 Å². The molecule has 1 unspecified atom stereocenters. The lowest BCUT2D eigenvalue weighted by Gasteiger charge is -2.13. The third kappa shape index (κ3) is 4.67. The largest absolute Gasteiger partial charge is 0.350 e. The molecule has 4 rings (SSSR count). The Morgan fingerprint density at radius 2 is 1.85 bits per heavy atom. The van der Waals surface area contributed by atoms with E-state index in [0.29, 0.717) is 33.1 Å². The van der Waals surface area contributed by atoms with Crippen LogP contribution in [-0.2, 0) is 11.8 Å². The second kappa shape index (κ2) is 9.68. The number of hydrogen-bond donors (Lipinski definition) is 2. The normalized spacial score (nSPS) is 12.1. The smallest absolute Gasteiger partial charge is 0.262 e. The molecule has 2 N–H and O–H groups in total. The van der Waals surface area contributed by atoms with E-state index in [1.807, 2.05) is 45.0 Å². The fraction of sp³-hybridized carbons (Fsp3) is 0.292. The third-order valence-electron chi connectivity index (χ3n) is 5.61. The van der Waals surface area contributed by atoms with E-state index < -0.39 is 0 Å². The Morgan fingerprint density at radius 3 is 2.56 bits per heavy atom. The Kier molecular flexibility index (Phi) is 6.69. The van der Waals surface area contributed by atoms with E-state index >= 15 is 0 Å². The summed E-state index contributed by atoms with van der Waals surface area (Å²) in [5, 5.41) is 15.1. The molecule has 0 aliphatic carbocycles. The molecule has 0 radical (unpaired) electrons. The Bertz CT molecular complexity index is 1440. The van der Waals surface area contributed by atoms with Crippen LogP contribution in [0.3, 0.4) is 0 Å². The number of carbonyl (C=O) groups is 2. The molecule has 2 heterocycles. The highest BCUT2D eigenvalue weighted by Gasteiger charge is 2.18. The van der Waals surface area contributed by atoms with E-state index in [4.69, 9.17) is 0 Å². The number of fused-ring (bicyclic) bond motifs is 3. The summed E-state index contributed by atoms with van der Waals surface area (Å²) < 4.78 is 3.12. The number of thioether (sulfide) groups is 1. The van der Waals surface area contributed by atoms with Gasteiger partial charge in [0.25, 0.3) is 11.5 Å². The molecular formula is C24H26N6O3S. The molecule has 0 bridgehead atoms. The maximum absolute atomic E-state index is 12.9. The zero-order chi connectivity index (χ0) is 24.4. The maximum atomic E-state index is 12.9. The number of aromatic nitrogens is 4. The van der Waals surface area contributed by atoms with Crippen molar-refractivity contribution in [2.75, 3.05) is 11.1 Å². The second-order valence-electron chi connectivity index (χ2n) is 8.20. The lowest BCUT2D eigenvalue weighted by Crippen LogP contribution is -2.32. The third-order valence-corrected chi connectivity index (χ3v) is 6.54. The summed E-state index contributed by atoms with van der Waals surface area (Å²) in [6.07, 6.45) is 0.807. The van der Waals surface area contributed by atoms with Gasteiger partial charge in [0.15, 0.2) is 5.16 Å². The van der Waals surface area contributed by atoms with Crippen LogP contribution in [-0.4, -0.2) is 42.8 Å². The predicted octanol–water partition coefficient (Wildman–Crippen LogP) is 3.15. The first-order chi connectivity index (χ1) is 16.3. The van der Waals surface area contributed by atoms with Crippen LogP contribution in [0.1, 0.15) is 36.2 Å². The highest BCUT2D eigenvalue weighted by atomic mass is 32.2. The highest BCUT2D eigenvalue weighted by Crippen LogP contribution is 2.23. The van der Waals surface area contributed by atoms with Crippen molar-refractivity contribution >= 4 is 45.9 Å². The molecule has 0 saturated carbocycles. The van der Waals surface area contributed by atoms with E-state index in [1.165, 1.54) is 16.3 Å². The van der Waals surface area contributed by atoms with Gasteiger partial charge in [-0.3, -0.25) is 23.4 Å². The first kappa shape index (κ1) is 23.5. The minimum atomic E-state index is -0.238. The molecule has 176 valence electrons. The van der Waals surface area contributed by atoms with Gasteiger partial charge >= 0.3 is 0 Å². The van der Waals surface area contributed by atoms with Gasteiger partial charge < -0.3 is 10.6 Å². The van der Waals surface area contributed by atoms with E-state index in [1.54, 1.807) is 29.6 Å². The molecule has 9 nitrogen and oxygen atoms in total. The number of nitrogens with zero attached hydrogens (tertiary/aromatic N) is 4. The van der Waals surface area contributed by atoms with Crippen molar-refractivity contribution in [2.24, 2.45) is 7.05 Å². The number of amides is 2. The molecule has 4 aromatic rings. The summed E-state index contributed by atoms with van der Waals surface area (Å²) in [6, 6.07) is 12.5. The Labute approximate surface area is 200 Å². The lowest BCUT2D eigenvalue weighted by molar-refractivity contribution is -0.113. The molecule has 0 saturated heterocycles. The number of carbonyl (C=O) groups excluding carboxylic acids is 2. The number of anilines is 1. The standard InChI is InChI=1S/C24H26N6O3S/c1-5-15(3)25-21(32)16-8-11-18-19(12-16)30-23(29(4)22(18)33)27-28-24(30)34-13-20(31)26-17-9-6-14(2)7-10-17/h6-12,15H,5,13H2,1-4H3,(H,25,32)(H,26,31). The second-order valence-corrected chi connectivity index (χ2v) is 9.14. The topological polar surface area (TPSA) is 110 Å². The van der Waals surface area contributed by atoms with Crippen molar-refractivity contribution in [3.8, 4) is 0 Å². The minimum Gasteiger partial charge on any atom is -0.350 e. The fourth-order valence-corrected chi connectivity index (χ4v) is 4.21. The van der Waals surface area contributed by atoms with Gasteiger partial charge in [0.1, 0.15) is 0 Å². The first-order valence-corrected chi connectivity index (χ1v) is 11.9. The van der Waals surface area contributed by atoms with E-state index in [2.05, 4.69) is 20.8 Å². The molecular weight excluding hydrogens is 452 g/mol. The zero-order valence-electron chi connectivity index (χ0n) is 19.5. The fourth-order valence-electron chi connectivity index (χ4n) is 3.47. The molecule has 2 amide bonds. The molecule has 2 aromatic carbocycles. The maximum Gasteiger partial charge on any atom is 0.262 e. The van der Waals surface area contributed by atoms with Crippen LogP contribution in [0.15, 0.2) is 52.4 Å². The van der Waals surface area contributed by atoms with Crippen molar-refractivity contribution in [2.45, 2.75) is 38.4 Å². The van der Waals surface area contributed by atoms with Crippen molar-refractivity contribution in [3.63, 3.8) is 0 Å². The number of aryl methyl sites for hydroxylation is 2. The van der Waals surface area contributed by atoms with E-state index in [-0.39, 0.29) is 29.2 Å². The van der Waals surface area contributed by atoms with Gasteiger partial charge in [-0.15, -0.1) is 10.2 Å². The van der Waals surface area contributed by atoms with Crippen LogP contribution < -0.4 is 16.2 Å². The number of nitrogens with one attached hydrogen (secondary N) is 2. The molecule has 0 aliphatic rings. The van der Waals surface area contributed by atoms with E-state index in [9.17, 15) is 14.4 Å². The monoisotopic (exact) mass is 478 g/mol. The lowest BCUT2D eigenvalue weighted by atomic mass is 10.1. The summed E-state index contributed by atoms with van der Waals surface area (Å²) in [5.74, 6) is 0.0318. The number of hydrogen-bond acceptors (Lipinski definition) is 6. The van der Waals surface area contributed by atoms with Gasteiger partial charge in [0, 0.05) is 24.3 Å². The van der Waals surface area contributed by atoms with Crippen molar-refractivity contribution in [1.29, 1.82) is 0 Å². The highest BCUT2D eigenvalue weighted by molar-refractivity contribution is 7.99.